The van der Waals surface area contributed by atoms with E-state index in [4.69, 9.17) is 0 Å². The highest BCUT2D eigenvalue weighted by Crippen LogP contribution is 2.39. The molecule has 0 N–H and O–H groups in total. The van der Waals surface area contributed by atoms with Crippen LogP contribution in [0.2, 0.25) is 0 Å². The van der Waals surface area contributed by atoms with Gasteiger partial charge in [-0.15, -0.1) is 0 Å². The van der Waals surface area contributed by atoms with Gasteiger partial charge in [-0.25, -0.2) is 0 Å². The summed E-state index contributed by atoms with van der Waals surface area (Å²) in [6.07, 6.45) is 15.6. The summed E-state index contributed by atoms with van der Waals surface area (Å²) in [4.78, 5) is 35.7. The molecule has 3 unspecified atom stereocenters. The van der Waals surface area contributed by atoms with E-state index in [0.717, 1.165) is 38.5 Å². The molecule has 0 aromatic carbocycles. The average Bonchev–Trinajstić information content (AvgIpc) is 2.94. The Balaban J connectivity index is 2.33. The molecule has 3 atom stereocenters. The van der Waals surface area contributed by atoms with E-state index in [2.05, 4.69) is 30.7 Å². The molecular formula is C24H40O4. The van der Waals surface area contributed by atoms with Gasteiger partial charge in [-0.3, -0.25) is 14.4 Å². The lowest BCUT2D eigenvalue weighted by Gasteiger charge is -2.20. The molecule has 1 saturated carbocycles. The summed E-state index contributed by atoms with van der Waals surface area (Å²) in [7, 11) is 1.41. The largest absolute Gasteiger partial charge is 0.469 e. The number of carbonyl (C=O) groups excluding carboxylic acids is 3. The number of esters is 1. The molecule has 4 nitrogen and oxygen atoms in total. The summed E-state index contributed by atoms with van der Waals surface area (Å²) >= 11 is 0. The van der Waals surface area contributed by atoms with Crippen LogP contribution in [0.5, 0.6) is 0 Å². The first-order valence-electron chi connectivity index (χ1n) is 11.3. The van der Waals surface area contributed by atoms with Gasteiger partial charge in [0.1, 0.15) is 11.6 Å². The molecule has 0 aromatic rings. The molecule has 1 fully saturated rings. The van der Waals surface area contributed by atoms with Crippen molar-refractivity contribution >= 4 is 17.5 Å². The number of carbonyl (C=O) groups is 3. The van der Waals surface area contributed by atoms with Crippen molar-refractivity contribution < 1.29 is 19.1 Å². The number of rotatable bonds is 15. The average molecular weight is 393 g/mol. The molecule has 0 saturated heterocycles. The van der Waals surface area contributed by atoms with Gasteiger partial charge in [0.25, 0.3) is 0 Å². The Morgan fingerprint density at radius 3 is 2.50 bits per heavy atom. The van der Waals surface area contributed by atoms with Crippen molar-refractivity contribution in [3.05, 3.63) is 12.2 Å². The topological polar surface area (TPSA) is 60.4 Å². The number of allylic oxidation sites excluding steroid dienone is 2. The van der Waals surface area contributed by atoms with Crippen molar-refractivity contribution in [2.45, 2.75) is 97.3 Å². The summed E-state index contributed by atoms with van der Waals surface area (Å²) in [6.45, 7) is 4.35. The van der Waals surface area contributed by atoms with Gasteiger partial charge in [0.15, 0.2) is 0 Å². The van der Waals surface area contributed by atoms with E-state index in [1.54, 1.807) is 0 Å². The van der Waals surface area contributed by atoms with Crippen LogP contribution in [0.4, 0.5) is 0 Å². The predicted molar refractivity (Wildman–Crippen MR) is 113 cm³/mol. The van der Waals surface area contributed by atoms with Gasteiger partial charge in [-0.1, -0.05) is 51.7 Å². The van der Waals surface area contributed by atoms with Crippen LogP contribution < -0.4 is 0 Å². The number of hydrogen-bond donors (Lipinski definition) is 0. The first-order chi connectivity index (χ1) is 13.5. The second kappa shape index (κ2) is 14.5. The Morgan fingerprint density at radius 2 is 1.79 bits per heavy atom. The van der Waals surface area contributed by atoms with Gasteiger partial charge >= 0.3 is 5.97 Å². The Bertz CT molecular complexity index is 509. The molecule has 0 radical (unpaired) electrons. The van der Waals surface area contributed by atoms with Crippen LogP contribution in [-0.2, 0) is 19.1 Å². The zero-order chi connectivity index (χ0) is 20.8. The van der Waals surface area contributed by atoms with Crippen molar-refractivity contribution in [1.82, 2.24) is 0 Å². The van der Waals surface area contributed by atoms with E-state index in [0.29, 0.717) is 49.1 Å². The van der Waals surface area contributed by atoms with E-state index in [1.807, 2.05) is 0 Å². The van der Waals surface area contributed by atoms with E-state index < -0.39 is 0 Å². The molecular weight excluding hydrogens is 352 g/mol. The van der Waals surface area contributed by atoms with Gasteiger partial charge < -0.3 is 4.74 Å². The summed E-state index contributed by atoms with van der Waals surface area (Å²) in [5.41, 5.74) is 0. The van der Waals surface area contributed by atoms with Crippen LogP contribution in [0.1, 0.15) is 97.3 Å². The van der Waals surface area contributed by atoms with Gasteiger partial charge in [0.05, 0.1) is 7.11 Å². The number of hydrogen-bond acceptors (Lipinski definition) is 4. The first kappa shape index (κ1) is 24.6. The predicted octanol–water partition coefficient (Wildman–Crippen LogP) is 5.83. The summed E-state index contributed by atoms with van der Waals surface area (Å²) < 4.78 is 4.63. The summed E-state index contributed by atoms with van der Waals surface area (Å²) in [5, 5.41) is 0. The van der Waals surface area contributed by atoms with Crippen LogP contribution in [0.25, 0.3) is 0 Å². The third-order valence-electron chi connectivity index (χ3n) is 6.04. The Labute approximate surface area is 171 Å². The molecule has 0 aromatic heterocycles. The second-order valence-electron chi connectivity index (χ2n) is 8.34. The van der Waals surface area contributed by atoms with Crippen LogP contribution in [-0.4, -0.2) is 24.6 Å². The Hall–Kier alpha value is -1.45. The quantitative estimate of drug-likeness (QED) is 0.200. The minimum absolute atomic E-state index is 0.0595. The maximum Gasteiger partial charge on any atom is 0.305 e. The third-order valence-corrected chi connectivity index (χ3v) is 6.04. The highest BCUT2D eigenvalue weighted by molar-refractivity contribution is 5.84. The first-order valence-corrected chi connectivity index (χ1v) is 11.3. The zero-order valence-corrected chi connectivity index (χ0v) is 18.2. The molecule has 0 bridgehead atoms. The third kappa shape index (κ3) is 9.66. The van der Waals surface area contributed by atoms with Crippen LogP contribution in [0.3, 0.4) is 0 Å². The number of ketones is 2. The van der Waals surface area contributed by atoms with E-state index >= 15 is 0 Å². The SMILES string of the molecule is CCCCCCCC(=O)CCC1C(C)CC(=O)C1C/C=C/CCCC(=O)OC. The normalized spacial score (nSPS) is 22.1. The molecule has 0 amide bonds. The smallest absolute Gasteiger partial charge is 0.305 e. The molecule has 1 rings (SSSR count). The van der Waals surface area contributed by atoms with E-state index in [-0.39, 0.29) is 11.9 Å². The Kier molecular flexibility index (Phi) is 12.8. The summed E-state index contributed by atoms with van der Waals surface area (Å²) in [6, 6.07) is 0. The molecule has 28 heavy (non-hydrogen) atoms. The van der Waals surface area contributed by atoms with Crippen LogP contribution >= 0.6 is 0 Å². The minimum atomic E-state index is -0.178. The monoisotopic (exact) mass is 392 g/mol. The molecule has 160 valence electrons. The number of Topliss-reactive ketones (excluding diaryl/α,β-unsaturated/α-hetero) is 2. The molecule has 0 heterocycles. The maximum atomic E-state index is 12.4. The lowest BCUT2D eigenvalue weighted by atomic mass is 9.83. The van der Waals surface area contributed by atoms with Crippen molar-refractivity contribution in [2.24, 2.45) is 17.8 Å². The van der Waals surface area contributed by atoms with E-state index in [1.165, 1.54) is 26.4 Å². The number of ether oxygens (including phenoxy) is 1. The number of methoxy groups -OCH3 is 1. The molecule has 0 spiro atoms. The molecule has 1 aliphatic rings. The molecule has 4 heteroatoms. The van der Waals surface area contributed by atoms with Gasteiger partial charge in [0.2, 0.25) is 0 Å². The van der Waals surface area contributed by atoms with E-state index in [9.17, 15) is 14.4 Å². The van der Waals surface area contributed by atoms with Gasteiger partial charge in [-0.2, -0.15) is 0 Å². The van der Waals surface area contributed by atoms with Gasteiger partial charge in [0, 0.05) is 31.6 Å². The highest BCUT2D eigenvalue weighted by atomic mass is 16.5. The fourth-order valence-corrected chi connectivity index (χ4v) is 4.25. The molecule has 1 aliphatic carbocycles. The molecule has 0 aliphatic heterocycles. The van der Waals surface area contributed by atoms with Crippen molar-refractivity contribution in [3.63, 3.8) is 0 Å². The lowest BCUT2D eigenvalue weighted by Crippen LogP contribution is -2.17. The Morgan fingerprint density at radius 1 is 1.04 bits per heavy atom. The fourth-order valence-electron chi connectivity index (χ4n) is 4.25. The second-order valence-corrected chi connectivity index (χ2v) is 8.34. The number of unbranched alkanes of at least 4 members (excludes halogenated alkanes) is 5. The maximum absolute atomic E-state index is 12.4. The summed E-state index contributed by atoms with van der Waals surface area (Å²) in [5.74, 6) is 1.30. The van der Waals surface area contributed by atoms with Gasteiger partial charge in [-0.05, 0) is 43.9 Å². The fraction of sp³-hybridized carbons (Fsp3) is 0.792. The van der Waals surface area contributed by atoms with Crippen LogP contribution in [0.15, 0.2) is 12.2 Å². The van der Waals surface area contributed by atoms with Crippen molar-refractivity contribution in [3.8, 4) is 0 Å². The van der Waals surface area contributed by atoms with Crippen molar-refractivity contribution in [2.75, 3.05) is 7.11 Å². The van der Waals surface area contributed by atoms with Crippen molar-refractivity contribution in [1.29, 1.82) is 0 Å². The minimum Gasteiger partial charge on any atom is -0.469 e. The zero-order valence-electron chi connectivity index (χ0n) is 18.2. The highest BCUT2D eigenvalue weighted by Gasteiger charge is 2.38. The standard InChI is InChI=1S/C24H40O4/c1-4-5-6-7-10-13-20(25)16-17-21-19(2)18-23(26)22(21)14-11-8-9-12-15-24(27)28-3/h8,11,19,21-22H,4-7,9-10,12-18H2,1-3H3/b11-8+. The lowest BCUT2D eigenvalue weighted by molar-refractivity contribution is -0.140. The van der Waals surface area contributed by atoms with Crippen LogP contribution in [0, 0.1) is 17.8 Å².